The van der Waals surface area contributed by atoms with E-state index < -0.39 is 23.9 Å². The van der Waals surface area contributed by atoms with Crippen molar-refractivity contribution in [1.29, 1.82) is 0 Å². The number of carboxylic acids is 2. The Balaban J connectivity index is -0.00000106. The summed E-state index contributed by atoms with van der Waals surface area (Å²) in [6, 6.07) is 11.9. The Labute approximate surface area is 477 Å². The molecule has 4 radical (unpaired) electrons. The van der Waals surface area contributed by atoms with Crippen LogP contribution in [0.15, 0.2) is 72.8 Å². The Hall–Kier alpha value is -3.40. The molecule has 0 bridgehead atoms. The van der Waals surface area contributed by atoms with Crippen molar-refractivity contribution in [2.75, 3.05) is 13.2 Å². The maximum atomic E-state index is 12.0. The summed E-state index contributed by atoms with van der Waals surface area (Å²) < 4.78 is 10.2. The fraction of sp³-hybridized carbons (Fsp3) is 0.667. The van der Waals surface area contributed by atoms with E-state index in [0.29, 0.717) is 0 Å². The van der Waals surface area contributed by atoms with Crippen LogP contribution in [0.2, 0.25) is 0 Å². The Kier molecular flexibility index (Phi) is 62.1. The maximum Gasteiger partial charge on any atom is 2.00 e. The summed E-state index contributed by atoms with van der Waals surface area (Å²) in [6.07, 6.45) is 57.6. The molecule has 2 aromatic carbocycles. The molecule has 2 rings (SSSR count). The van der Waals surface area contributed by atoms with Crippen LogP contribution in [0.4, 0.5) is 0 Å². The minimum atomic E-state index is -1.37. The Morgan fingerprint density at radius 2 is 0.587 bits per heavy atom. The van der Waals surface area contributed by atoms with E-state index in [1.165, 1.54) is 230 Å². The molecule has 0 saturated carbocycles. The molecule has 0 atom stereocenters. The zero-order valence-electron chi connectivity index (χ0n) is 48.4. The molecular weight excluding hydrogens is 1040 g/mol. The minimum Gasteiger partial charge on any atom is -0.545 e. The molecule has 75 heavy (non-hydrogen) atoms. The first-order valence-electron chi connectivity index (χ1n) is 30.0. The van der Waals surface area contributed by atoms with E-state index >= 15 is 0 Å². The molecule has 0 N–H and O–H groups in total. The van der Waals surface area contributed by atoms with Crippen molar-refractivity contribution in [1.82, 2.24) is 0 Å². The van der Waals surface area contributed by atoms with Crippen molar-refractivity contribution in [2.45, 2.75) is 272 Å². The van der Waals surface area contributed by atoms with Crippen molar-refractivity contribution in [2.24, 2.45) is 0 Å². The van der Waals surface area contributed by atoms with Gasteiger partial charge in [-0.2, -0.15) is 0 Å². The van der Waals surface area contributed by atoms with E-state index in [4.69, 9.17) is 9.47 Å². The van der Waals surface area contributed by atoms with Gasteiger partial charge in [-0.3, -0.25) is 0 Å². The molecule has 0 spiro atoms. The van der Waals surface area contributed by atoms with Crippen molar-refractivity contribution in [3.63, 3.8) is 0 Å². The second-order valence-corrected chi connectivity index (χ2v) is 19.7. The number of benzene rings is 2. The largest absolute Gasteiger partial charge is 2.00 e. The maximum absolute atomic E-state index is 12.0. The van der Waals surface area contributed by atoms with E-state index in [0.717, 1.165) is 38.5 Å². The molecule has 0 amide bonds. The standard InChI is InChI=1S/2C25H38O4.2C8H17.Sn/c2*1-2-3-4-5-6-7-8-9-10-11-12-13-14-15-18-21-29-25(28)23-20-17-16-19-22(23)24(26)27;2*1-3-5-7-8-6-4-2;/h2*15-20H,2-14,21H2,1H3,(H,26,27);2*1,3-8H2,2H3;/q;;;;+2/p-2/b2*18-15+;;;. The number of aromatic carboxylic acids is 2. The van der Waals surface area contributed by atoms with E-state index in [2.05, 4.69) is 41.5 Å². The number of carbonyl (C=O) groups excluding carboxylic acids is 4. The van der Waals surface area contributed by atoms with Crippen molar-refractivity contribution in [3.8, 4) is 0 Å². The van der Waals surface area contributed by atoms with Gasteiger partial charge in [-0.15, -0.1) is 0 Å². The first-order valence-corrected chi connectivity index (χ1v) is 30.0. The fourth-order valence-electron chi connectivity index (χ4n) is 8.22. The number of rotatable bonds is 44. The second-order valence-electron chi connectivity index (χ2n) is 19.7. The first-order chi connectivity index (χ1) is 36.2. The third-order valence-corrected chi connectivity index (χ3v) is 12.8. The van der Waals surface area contributed by atoms with Gasteiger partial charge < -0.3 is 29.3 Å². The van der Waals surface area contributed by atoms with Gasteiger partial charge in [-0.25, -0.2) is 9.59 Å². The Morgan fingerprint density at radius 3 is 0.827 bits per heavy atom. The molecule has 0 aliphatic carbocycles. The van der Waals surface area contributed by atoms with Crippen LogP contribution in [0.25, 0.3) is 0 Å². The molecule has 2 aromatic rings. The van der Waals surface area contributed by atoms with E-state index in [-0.39, 0.29) is 59.4 Å². The van der Waals surface area contributed by atoms with Crippen LogP contribution in [-0.4, -0.2) is 61.0 Å². The number of unbranched alkanes of at least 4 members (excludes halogenated alkanes) is 34. The molecule has 0 heterocycles. The van der Waals surface area contributed by atoms with Gasteiger partial charge in [0.2, 0.25) is 0 Å². The predicted molar refractivity (Wildman–Crippen MR) is 315 cm³/mol. The molecule has 0 fully saturated rings. The van der Waals surface area contributed by atoms with Crippen LogP contribution in [0.5, 0.6) is 0 Å². The minimum absolute atomic E-state index is 0. The van der Waals surface area contributed by atoms with Crippen LogP contribution in [0.3, 0.4) is 0 Å². The van der Waals surface area contributed by atoms with Crippen molar-refractivity contribution in [3.05, 3.63) is 109 Å². The molecule has 0 aliphatic heterocycles. The SMILES string of the molecule is CCCCCCCCCCCCCC/C=C/COC(=O)c1ccccc1C(=O)[O-].CCCCCCCCCCCCCC/C=C/COC(=O)c1ccccc1C(=O)[O-].[CH2]CCCCCCC.[CH2]CCCCCCC.[Sn+2]. The summed E-state index contributed by atoms with van der Waals surface area (Å²) in [7, 11) is 0. The van der Waals surface area contributed by atoms with Gasteiger partial charge in [0.1, 0.15) is 13.2 Å². The van der Waals surface area contributed by atoms with Gasteiger partial charge in [-0.05, 0) is 37.8 Å². The topological polar surface area (TPSA) is 133 Å². The number of carbonyl (C=O) groups is 4. The van der Waals surface area contributed by atoms with E-state index in [1.807, 2.05) is 24.3 Å². The normalized spacial score (nSPS) is 10.6. The first kappa shape index (κ1) is 75.8. The van der Waals surface area contributed by atoms with Crippen LogP contribution < -0.4 is 10.2 Å². The van der Waals surface area contributed by atoms with Crippen molar-refractivity contribution >= 4 is 47.8 Å². The second kappa shape index (κ2) is 61.5. The molecule has 424 valence electrons. The molecule has 9 heteroatoms. The van der Waals surface area contributed by atoms with Gasteiger partial charge in [0.15, 0.2) is 0 Å². The molecule has 0 aromatic heterocycles. The quantitative estimate of drug-likeness (QED) is 0.0277. The summed E-state index contributed by atoms with van der Waals surface area (Å²) in [6.45, 7) is 16.9. The third kappa shape index (κ3) is 51.1. The Morgan fingerprint density at radius 1 is 0.360 bits per heavy atom. The van der Waals surface area contributed by atoms with Crippen molar-refractivity contribution < 1.29 is 38.9 Å². The van der Waals surface area contributed by atoms with Gasteiger partial charge in [0.25, 0.3) is 0 Å². The fourth-order valence-corrected chi connectivity index (χ4v) is 8.22. The number of hydrogen-bond acceptors (Lipinski definition) is 8. The van der Waals surface area contributed by atoms with Gasteiger partial charge >= 0.3 is 35.8 Å². The average Bonchev–Trinajstić information content (AvgIpc) is 3.41. The van der Waals surface area contributed by atoms with E-state index in [1.54, 1.807) is 24.3 Å². The molecule has 0 saturated heterocycles. The molecular formula is C66H108O8Sn. The summed E-state index contributed by atoms with van der Waals surface area (Å²) in [5, 5.41) is 22.0. The number of esters is 2. The number of allylic oxidation sites excluding steroid dienone is 2. The number of carboxylic acid groups (broad SMARTS) is 2. The molecule has 0 unspecified atom stereocenters. The van der Waals surface area contributed by atoms with Crippen LogP contribution in [-0.2, 0) is 9.47 Å². The van der Waals surface area contributed by atoms with Gasteiger partial charge in [0.05, 0.1) is 23.1 Å². The van der Waals surface area contributed by atoms with Gasteiger partial charge in [0, 0.05) is 11.1 Å². The summed E-state index contributed by atoms with van der Waals surface area (Å²) in [4.78, 5) is 46.0. The van der Waals surface area contributed by atoms with Crippen LogP contribution in [0.1, 0.15) is 313 Å². The third-order valence-electron chi connectivity index (χ3n) is 12.8. The summed E-state index contributed by atoms with van der Waals surface area (Å²) >= 11 is 0. The average molecular weight is 1150 g/mol. The zero-order chi connectivity index (χ0) is 54.8. The summed E-state index contributed by atoms with van der Waals surface area (Å²) in [5.41, 5.74) is -0.223. The number of hydrogen-bond donors (Lipinski definition) is 0. The van der Waals surface area contributed by atoms with E-state index in [9.17, 15) is 29.4 Å². The smallest absolute Gasteiger partial charge is 0.545 e. The summed E-state index contributed by atoms with van der Waals surface area (Å²) in [5.74, 6) is -4.03. The zero-order valence-corrected chi connectivity index (χ0v) is 51.2. The predicted octanol–water partition coefficient (Wildman–Crippen LogP) is 17.7. The van der Waals surface area contributed by atoms with Crippen LogP contribution >= 0.6 is 0 Å². The molecule has 8 nitrogen and oxygen atoms in total. The van der Waals surface area contributed by atoms with Crippen LogP contribution in [0, 0.1) is 13.8 Å². The monoisotopic (exact) mass is 1150 g/mol. The Bertz CT molecular complexity index is 1510. The van der Waals surface area contributed by atoms with Gasteiger partial charge in [-0.1, -0.05) is 321 Å². The number of ether oxygens (including phenoxy) is 2. The molecule has 0 aliphatic rings.